The number of methoxy groups -OCH3 is 1. The van der Waals surface area contributed by atoms with Crippen LogP contribution in [-0.2, 0) is 19.1 Å². The average Bonchev–Trinajstić information content (AvgIpc) is 3.23. The molecule has 2 N–H and O–H groups in total. The molecule has 4 rings (SSSR count). The molecule has 3 aromatic rings. The summed E-state index contributed by atoms with van der Waals surface area (Å²) in [7, 11) is 1.11. The van der Waals surface area contributed by atoms with Crippen LogP contribution in [0.15, 0.2) is 58.9 Å². The zero-order valence-corrected chi connectivity index (χ0v) is 21.3. The van der Waals surface area contributed by atoms with Gasteiger partial charge >= 0.3 is 11.9 Å². The molecule has 0 saturated heterocycles. The molecule has 0 radical (unpaired) electrons. The van der Waals surface area contributed by atoms with Gasteiger partial charge in [-0.1, -0.05) is 24.3 Å². The van der Waals surface area contributed by atoms with Crippen LogP contribution < -0.4 is 20.5 Å². The van der Waals surface area contributed by atoms with Gasteiger partial charge in [-0.3, -0.25) is 29.6 Å². The minimum Gasteiger partial charge on any atom is -0.466 e. The van der Waals surface area contributed by atoms with Gasteiger partial charge in [-0.05, 0) is 24.1 Å². The molecule has 1 aromatic heterocycles. The van der Waals surface area contributed by atoms with E-state index in [0.717, 1.165) is 23.0 Å². The Balaban J connectivity index is 2.11. The molecule has 1 atom stereocenters. The normalized spacial score (nSPS) is 15.1. The minimum absolute atomic E-state index is 0.0329. The van der Waals surface area contributed by atoms with Crippen molar-refractivity contribution < 1.29 is 28.9 Å². The second-order valence-electron chi connectivity index (χ2n) is 8.12. The Hall–Kier alpha value is -5.11. The highest BCUT2D eigenvalue weighted by molar-refractivity contribution is 7.07. The van der Waals surface area contributed by atoms with E-state index < -0.39 is 33.3 Å². The van der Waals surface area contributed by atoms with Crippen molar-refractivity contribution >= 4 is 52.1 Å². The van der Waals surface area contributed by atoms with Crippen LogP contribution in [0.3, 0.4) is 0 Å². The summed E-state index contributed by atoms with van der Waals surface area (Å²) in [5.41, 5.74) is 5.26. The highest BCUT2D eigenvalue weighted by Gasteiger charge is 2.40. The topological polar surface area (TPSA) is 187 Å². The first-order valence-electron chi connectivity index (χ1n) is 11.3. The Morgan fingerprint density at radius 2 is 1.69 bits per heavy atom. The number of aromatic nitrogens is 1. The van der Waals surface area contributed by atoms with Gasteiger partial charge in [0.05, 0.1) is 45.2 Å². The summed E-state index contributed by atoms with van der Waals surface area (Å²) in [5, 5.41) is 22.6. The molecule has 0 saturated carbocycles. The van der Waals surface area contributed by atoms with Crippen LogP contribution in [0.25, 0.3) is 17.5 Å². The minimum atomic E-state index is -1.26. The number of nitro benzene ring substituents is 2. The third kappa shape index (κ3) is 4.92. The van der Waals surface area contributed by atoms with Gasteiger partial charge in [-0.15, -0.1) is 11.3 Å². The number of ether oxygens (including phenoxy) is 2. The molecule has 13 nitrogen and oxygen atoms in total. The summed E-state index contributed by atoms with van der Waals surface area (Å²) in [5.74, 6) is -3.42. The lowest BCUT2D eigenvalue weighted by Gasteiger charge is -2.26. The van der Waals surface area contributed by atoms with E-state index in [0.29, 0.717) is 5.56 Å². The number of rotatable bonds is 7. The first kappa shape index (κ1) is 26.9. The van der Waals surface area contributed by atoms with Crippen LogP contribution in [0.4, 0.5) is 11.4 Å². The summed E-state index contributed by atoms with van der Waals surface area (Å²) in [4.78, 5) is 61.2. The number of nitro groups is 2. The molecule has 0 aliphatic carbocycles. The lowest BCUT2D eigenvalue weighted by Crippen LogP contribution is -2.41. The summed E-state index contributed by atoms with van der Waals surface area (Å²) in [6.07, 6.45) is 1.39. The Labute approximate surface area is 223 Å². The van der Waals surface area contributed by atoms with Crippen molar-refractivity contribution in [1.29, 1.82) is 0 Å². The second-order valence-corrected chi connectivity index (χ2v) is 9.15. The van der Waals surface area contributed by atoms with Crippen molar-refractivity contribution in [3.8, 4) is 0 Å². The van der Waals surface area contributed by atoms with Crippen molar-refractivity contribution in [2.45, 2.75) is 12.8 Å². The van der Waals surface area contributed by atoms with Gasteiger partial charge in [-0.2, -0.15) is 0 Å². The van der Waals surface area contributed by atoms with Gasteiger partial charge in [0.2, 0.25) is 0 Å². The fraction of sp³-hybridized carbons (Fsp3) is 0.160. The maximum atomic E-state index is 13.5. The maximum Gasteiger partial charge on any atom is 0.338 e. The molecule has 0 bridgehead atoms. The van der Waals surface area contributed by atoms with E-state index in [1.54, 1.807) is 13.0 Å². The second kappa shape index (κ2) is 10.7. The Kier molecular flexibility index (Phi) is 7.40. The fourth-order valence-corrected chi connectivity index (χ4v) is 5.36. The highest BCUT2D eigenvalue weighted by atomic mass is 32.1. The SMILES string of the molecule is CCOC(=O)C1=C(N)n2c(s/c(=C\c3cccc([N+](=O)[O-])c3)c2=O)=C(C(=O)OC)[C@H]1c1cccc([N+](=O)[O-])c1. The Bertz CT molecular complexity index is 1750. The molecular formula is C25H20N4O9S. The number of non-ortho nitro benzene ring substituents is 2. The third-order valence-electron chi connectivity index (χ3n) is 5.84. The van der Waals surface area contributed by atoms with Crippen LogP contribution in [0.1, 0.15) is 24.0 Å². The quantitative estimate of drug-likeness (QED) is 0.255. The van der Waals surface area contributed by atoms with E-state index in [9.17, 15) is 34.6 Å². The van der Waals surface area contributed by atoms with Crippen molar-refractivity contribution in [1.82, 2.24) is 4.57 Å². The number of fused-ring (bicyclic) bond motifs is 1. The summed E-state index contributed by atoms with van der Waals surface area (Å²) < 4.78 is 11.2. The number of carbonyl (C=O) groups is 2. The van der Waals surface area contributed by atoms with Crippen molar-refractivity contribution in [3.63, 3.8) is 0 Å². The van der Waals surface area contributed by atoms with E-state index in [-0.39, 0.29) is 49.7 Å². The van der Waals surface area contributed by atoms with E-state index in [2.05, 4.69) is 0 Å². The monoisotopic (exact) mass is 552 g/mol. The predicted octanol–water partition coefficient (Wildman–Crippen LogP) is 1.37. The van der Waals surface area contributed by atoms with E-state index >= 15 is 0 Å². The number of hydrogen-bond acceptors (Lipinski definition) is 11. The molecule has 2 aromatic carbocycles. The van der Waals surface area contributed by atoms with Crippen molar-refractivity contribution in [3.05, 3.63) is 105 Å². The van der Waals surface area contributed by atoms with Gasteiger partial charge in [0.1, 0.15) is 10.5 Å². The van der Waals surface area contributed by atoms with E-state index in [1.165, 1.54) is 48.5 Å². The molecular weight excluding hydrogens is 532 g/mol. The van der Waals surface area contributed by atoms with Crippen LogP contribution in [0, 0.1) is 20.2 Å². The van der Waals surface area contributed by atoms with Gasteiger partial charge in [0, 0.05) is 24.3 Å². The number of nitrogens with two attached hydrogens (primary N) is 1. The highest BCUT2D eigenvalue weighted by Crippen LogP contribution is 2.38. The number of esters is 2. The molecule has 1 aliphatic rings. The smallest absolute Gasteiger partial charge is 0.338 e. The first-order chi connectivity index (χ1) is 18.6. The number of nitrogens with zero attached hydrogens (tertiary/aromatic N) is 3. The number of carbonyl (C=O) groups excluding carboxylic acids is 2. The van der Waals surface area contributed by atoms with Crippen LogP contribution >= 0.6 is 11.3 Å². The first-order valence-corrected chi connectivity index (χ1v) is 12.1. The molecule has 0 amide bonds. The van der Waals surface area contributed by atoms with E-state index in [1.807, 2.05) is 0 Å². The molecule has 1 aliphatic heterocycles. The van der Waals surface area contributed by atoms with Crippen LogP contribution in [0.5, 0.6) is 0 Å². The summed E-state index contributed by atoms with van der Waals surface area (Å²) in [6.45, 7) is 1.50. The summed E-state index contributed by atoms with van der Waals surface area (Å²) >= 11 is 0.850. The molecule has 200 valence electrons. The lowest BCUT2D eigenvalue weighted by atomic mass is 9.83. The van der Waals surface area contributed by atoms with E-state index in [4.69, 9.17) is 15.2 Å². The van der Waals surface area contributed by atoms with Gasteiger partial charge in [0.25, 0.3) is 16.9 Å². The third-order valence-corrected chi connectivity index (χ3v) is 6.95. The van der Waals surface area contributed by atoms with Crippen molar-refractivity contribution in [2.75, 3.05) is 13.7 Å². The number of thiazole rings is 1. The molecule has 39 heavy (non-hydrogen) atoms. The molecule has 0 unspecified atom stereocenters. The Morgan fingerprint density at radius 1 is 1.05 bits per heavy atom. The van der Waals surface area contributed by atoms with Crippen LogP contribution in [0.2, 0.25) is 0 Å². The number of benzene rings is 2. The molecule has 2 heterocycles. The van der Waals surface area contributed by atoms with Crippen molar-refractivity contribution in [2.24, 2.45) is 5.73 Å². The predicted molar refractivity (Wildman–Crippen MR) is 140 cm³/mol. The zero-order chi connectivity index (χ0) is 28.4. The van der Waals surface area contributed by atoms with Crippen LogP contribution in [-0.4, -0.2) is 40.1 Å². The average molecular weight is 553 g/mol. The number of hydrogen-bond donors (Lipinski definition) is 1. The fourth-order valence-electron chi connectivity index (χ4n) is 4.19. The summed E-state index contributed by atoms with van der Waals surface area (Å²) in [6, 6.07) is 10.9. The van der Waals surface area contributed by atoms with Gasteiger partial charge < -0.3 is 15.2 Å². The lowest BCUT2D eigenvalue weighted by molar-refractivity contribution is -0.385. The van der Waals surface area contributed by atoms with Gasteiger partial charge in [0.15, 0.2) is 0 Å². The van der Waals surface area contributed by atoms with Gasteiger partial charge in [-0.25, -0.2) is 9.59 Å². The molecule has 14 heteroatoms. The largest absolute Gasteiger partial charge is 0.466 e. The maximum absolute atomic E-state index is 13.5. The Morgan fingerprint density at radius 3 is 2.31 bits per heavy atom. The zero-order valence-electron chi connectivity index (χ0n) is 20.5. The molecule has 0 spiro atoms. The standard InChI is InChI=1S/C25H20N4O9S/c1-3-38-25(32)19-18(14-7-5-9-16(12-14)29(35)36)20(24(31)37-2)23-27(21(19)26)22(30)17(39-23)11-13-6-4-8-15(10-13)28(33)34/h4-12,18H,3,26H2,1-2H3/b17-11-/t18-/m0/s1. The molecule has 0 fully saturated rings.